The number of nitrogens with one attached hydrogen (secondary N) is 3. The van der Waals surface area contributed by atoms with Gasteiger partial charge in [-0.2, -0.15) is 0 Å². The Labute approximate surface area is 155 Å². The lowest BCUT2D eigenvalue weighted by Crippen LogP contribution is -2.30. The lowest BCUT2D eigenvalue weighted by Gasteiger charge is -2.14. The minimum Gasteiger partial charge on any atom is -0.497 e. The molecular formula is C16H20N6O5. The topological polar surface area (TPSA) is 141 Å². The quantitative estimate of drug-likeness (QED) is 0.439. The van der Waals surface area contributed by atoms with Crippen molar-refractivity contribution in [2.24, 2.45) is 0 Å². The Morgan fingerprint density at radius 3 is 2.48 bits per heavy atom. The molecule has 1 heterocycles. The highest BCUT2D eigenvalue weighted by molar-refractivity contribution is 5.95. The number of nitro groups is 1. The summed E-state index contributed by atoms with van der Waals surface area (Å²) in [5.74, 6) is -0.0237. The second kappa shape index (κ2) is 9.29. The van der Waals surface area contributed by atoms with E-state index in [1.807, 2.05) is 0 Å². The molecule has 0 bridgehead atoms. The van der Waals surface area contributed by atoms with Crippen molar-refractivity contribution in [1.82, 2.24) is 15.4 Å². The molecule has 0 aliphatic carbocycles. The van der Waals surface area contributed by atoms with E-state index in [4.69, 9.17) is 9.47 Å². The van der Waals surface area contributed by atoms with Crippen LogP contribution < -0.4 is 20.9 Å². The van der Waals surface area contributed by atoms with Crippen molar-refractivity contribution in [2.75, 3.05) is 31.6 Å². The van der Waals surface area contributed by atoms with E-state index in [1.54, 1.807) is 31.2 Å². The molecule has 0 spiro atoms. The Balaban J connectivity index is 2.14. The molecule has 2 rings (SSSR count). The van der Waals surface area contributed by atoms with Gasteiger partial charge in [-0.25, -0.2) is 9.97 Å². The molecule has 11 nitrogen and oxygen atoms in total. The molecule has 1 amide bonds. The molecule has 1 atom stereocenters. The SMILES string of the molecule is COCC(C)Nc1ncnc(NNC(=O)c2ccc(OC)cc2)c1[N+](=O)[O-]. The number of hydrogen-bond acceptors (Lipinski definition) is 9. The van der Waals surface area contributed by atoms with Gasteiger partial charge in [-0.15, -0.1) is 0 Å². The van der Waals surface area contributed by atoms with Crippen molar-refractivity contribution >= 4 is 23.2 Å². The summed E-state index contributed by atoms with van der Waals surface area (Å²) in [4.78, 5) is 30.7. The number of ether oxygens (including phenoxy) is 2. The van der Waals surface area contributed by atoms with Gasteiger partial charge in [-0.3, -0.25) is 25.8 Å². The fraction of sp³-hybridized carbons (Fsp3) is 0.312. The van der Waals surface area contributed by atoms with E-state index in [2.05, 4.69) is 26.1 Å². The van der Waals surface area contributed by atoms with Gasteiger partial charge in [0.2, 0.25) is 11.6 Å². The largest absolute Gasteiger partial charge is 0.497 e. The third kappa shape index (κ3) is 5.25. The van der Waals surface area contributed by atoms with Crippen LogP contribution in [-0.4, -0.2) is 47.7 Å². The number of carbonyl (C=O) groups is 1. The van der Waals surface area contributed by atoms with Crippen LogP contribution in [0.25, 0.3) is 0 Å². The second-order valence-electron chi connectivity index (χ2n) is 5.48. The van der Waals surface area contributed by atoms with Gasteiger partial charge in [0.1, 0.15) is 12.1 Å². The predicted molar refractivity (Wildman–Crippen MR) is 97.7 cm³/mol. The molecule has 0 saturated heterocycles. The number of methoxy groups -OCH3 is 2. The molecule has 0 fully saturated rings. The van der Waals surface area contributed by atoms with E-state index in [9.17, 15) is 14.9 Å². The van der Waals surface area contributed by atoms with Gasteiger partial charge in [0.15, 0.2) is 0 Å². The van der Waals surface area contributed by atoms with Crippen LogP contribution in [-0.2, 0) is 4.74 Å². The highest BCUT2D eigenvalue weighted by Gasteiger charge is 2.24. The zero-order valence-corrected chi connectivity index (χ0v) is 15.1. The Morgan fingerprint density at radius 1 is 1.22 bits per heavy atom. The molecular weight excluding hydrogens is 356 g/mol. The van der Waals surface area contributed by atoms with Crippen molar-refractivity contribution in [3.63, 3.8) is 0 Å². The van der Waals surface area contributed by atoms with Crippen LogP contribution in [0.2, 0.25) is 0 Å². The maximum absolute atomic E-state index is 12.2. The maximum atomic E-state index is 12.2. The fourth-order valence-corrected chi connectivity index (χ4v) is 2.20. The van der Waals surface area contributed by atoms with Gasteiger partial charge >= 0.3 is 5.69 Å². The summed E-state index contributed by atoms with van der Waals surface area (Å²) >= 11 is 0. The molecule has 1 aromatic carbocycles. The summed E-state index contributed by atoms with van der Waals surface area (Å²) < 4.78 is 10.0. The van der Waals surface area contributed by atoms with Crippen LogP contribution >= 0.6 is 0 Å². The number of hydrogen-bond donors (Lipinski definition) is 3. The predicted octanol–water partition coefficient (Wildman–Crippen LogP) is 1.60. The van der Waals surface area contributed by atoms with E-state index >= 15 is 0 Å². The van der Waals surface area contributed by atoms with Crippen LogP contribution in [0.4, 0.5) is 17.3 Å². The van der Waals surface area contributed by atoms with Gasteiger partial charge in [0.05, 0.1) is 18.6 Å². The highest BCUT2D eigenvalue weighted by atomic mass is 16.6. The van der Waals surface area contributed by atoms with Crippen molar-refractivity contribution in [3.05, 3.63) is 46.3 Å². The van der Waals surface area contributed by atoms with Gasteiger partial charge in [0, 0.05) is 18.7 Å². The zero-order chi connectivity index (χ0) is 19.8. The van der Waals surface area contributed by atoms with Gasteiger partial charge in [-0.05, 0) is 31.2 Å². The average molecular weight is 376 g/mol. The molecule has 1 unspecified atom stereocenters. The number of anilines is 2. The van der Waals surface area contributed by atoms with Crippen molar-refractivity contribution in [1.29, 1.82) is 0 Å². The molecule has 0 aliphatic rings. The number of hydrazine groups is 1. The molecule has 3 N–H and O–H groups in total. The third-order valence-corrected chi connectivity index (χ3v) is 3.45. The van der Waals surface area contributed by atoms with Crippen molar-refractivity contribution < 1.29 is 19.2 Å². The highest BCUT2D eigenvalue weighted by Crippen LogP contribution is 2.28. The summed E-state index contributed by atoms with van der Waals surface area (Å²) in [7, 11) is 3.04. The second-order valence-corrected chi connectivity index (χ2v) is 5.48. The summed E-state index contributed by atoms with van der Waals surface area (Å²) in [5, 5.41) is 14.3. The maximum Gasteiger partial charge on any atom is 0.354 e. The van der Waals surface area contributed by atoms with Crippen LogP contribution in [0, 0.1) is 10.1 Å². The lowest BCUT2D eigenvalue weighted by molar-refractivity contribution is -0.383. The van der Waals surface area contributed by atoms with Crippen LogP contribution in [0.1, 0.15) is 17.3 Å². The molecule has 11 heteroatoms. The number of carbonyl (C=O) groups excluding carboxylic acids is 1. The Kier molecular flexibility index (Phi) is 6.83. The standard InChI is InChI=1S/C16H20N6O5/c1-10(8-26-2)19-14-13(22(24)25)15(18-9-17-14)20-21-16(23)11-4-6-12(27-3)7-5-11/h4-7,9-10H,8H2,1-3H3,(H,21,23)(H2,17,18,19,20). The fourth-order valence-electron chi connectivity index (χ4n) is 2.20. The Bertz CT molecular complexity index is 798. The minimum absolute atomic E-state index is 0.0146. The number of benzene rings is 1. The molecule has 27 heavy (non-hydrogen) atoms. The van der Waals surface area contributed by atoms with Crippen molar-refractivity contribution in [3.8, 4) is 5.75 Å². The van der Waals surface area contributed by atoms with Crippen molar-refractivity contribution in [2.45, 2.75) is 13.0 Å². The number of rotatable bonds is 9. The number of amides is 1. The molecule has 0 radical (unpaired) electrons. The first-order valence-corrected chi connectivity index (χ1v) is 7.91. The molecule has 0 saturated carbocycles. The first-order chi connectivity index (χ1) is 13.0. The van der Waals surface area contributed by atoms with Crippen LogP contribution in [0.15, 0.2) is 30.6 Å². The van der Waals surface area contributed by atoms with E-state index < -0.39 is 16.5 Å². The van der Waals surface area contributed by atoms with E-state index in [0.29, 0.717) is 17.9 Å². The molecule has 144 valence electrons. The van der Waals surface area contributed by atoms with Gasteiger partial charge < -0.3 is 14.8 Å². The first kappa shape index (κ1) is 19.8. The lowest BCUT2D eigenvalue weighted by atomic mass is 10.2. The summed E-state index contributed by atoms with van der Waals surface area (Å²) in [6.07, 6.45) is 1.15. The molecule has 1 aromatic heterocycles. The summed E-state index contributed by atoms with van der Waals surface area (Å²) in [5.41, 5.74) is 4.80. The van der Waals surface area contributed by atoms with Crippen LogP contribution in [0.5, 0.6) is 5.75 Å². The van der Waals surface area contributed by atoms with E-state index in [0.717, 1.165) is 6.33 Å². The smallest absolute Gasteiger partial charge is 0.354 e. The van der Waals surface area contributed by atoms with E-state index in [-0.39, 0.29) is 17.7 Å². The normalized spacial score (nSPS) is 11.4. The monoisotopic (exact) mass is 376 g/mol. The van der Waals surface area contributed by atoms with Gasteiger partial charge in [-0.1, -0.05) is 0 Å². The zero-order valence-electron chi connectivity index (χ0n) is 15.1. The molecule has 0 aliphatic heterocycles. The third-order valence-electron chi connectivity index (χ3n) is 3.45. The van der Waals surface area contributed by atoms with Gasteiger partial charge in [0.25, 0.3) is 5.91 Å². The first-order valence-electron chi connectivity index (χ1n) is 7.91. The van der Waals surface area contributed by atoms with E-state index in [1.165, 1.54) is 14.2 Å². The number of aromatic nitrogens is 2. The summed E-state index contributed by atoms with van der Waals surface area (Å²) in [6.45, 7) is 2.12. The number of nitrogens with zero attached hydrogens (tertiary/aromatic N) is 3. The molecule has 2 aromatic rings. The summed E-state index contributed by atoms with van der Waals surface area (Å²) in [6, 6.07) is 6.15. The average Bonchev–Trinajstić information content (AvgIpc) is 2.66. The Morgan fingerprint density at radius 2 is 1.89 bits per heavy atom. The Hall–Kier alpha value is -3.47. The minimum atomic E-state index is -0.635. The van der Waals surface area contributed by atoms with Crippen LogP contribution in [0.3, 0.4) is 0 Å².